The van der Waals surface area contributed by atoms with Crippen LogP contribution in [0.1, 0.15) is 0 Å². The highest BCUT2D eigenvalue weighted by Crippen LogP contribution is 2.22. The third kappa shape index (κ3) is 4.46. The fourth-order valence-electron chi connectivity index (χ4n) is 0.935. The van der Waals surface area contributed by atoms with Gasteiger partial charge >= 0.3 is 0 Å². The van der Waals surface area contributed by atoms with Crippen LogP contribution in [-0.2, 0) is 14.6 Å². The van der Waals surface area contributed by atoms with E-state index in [2.05, 4.69) is 26.2 Å². The van der Waals surface area contributed by atoms with Crippen molar-refractivity contribution in [1.82, 2.24) is 4.98 Å². The zero-order chi connectivity index (χ0) is 12.3. The molecule has 8 heteroatoms. The number of rotatable bonds is 3. The first-order valence-electron chi connectivity index (χ1n) is 4.06. The molecule has 1 aromatic rings. The highest BCUT2D eigenvalue weighted by Gasteiger charge is 2.13. The lowest BCUT2D eigenvalue weighted by molar-refractivity contribution is -0.113. The van der Waals surface area contributed by atoms with Crippen molar-refractivity contribution in [2.75, 3.05) is 17.3 Å². The molecule has 16 heavy (non-hydrogen) atoms. The lowest BCUT2D eigenvalue weighted by Gasteiger charge is -2.05. The second kappa shape index (κ2) is 5.11. The van der Waals surface area contributed by atoms with Crippen LogP contribution in [0, 0.1) is 0 Å². The molecule has 0 saturated carbocycles. The van der Waals surface area contributed by atoms with Crippen molar-refractivity contribution in [2.45, 2.75) is 0 Å². The molecule has 0 unspecified atom stereocenters. The molecule has 0 fully saturated rings. The monoisotopic (exact) mass is 326 g/mol. The van der Waals surface area contributed by atoms with Gasteiger partial charge in [-0.25, -0.2) is 13.4 Å². The van der Waals surface area contributed by atoms with E-state index in [0.717, 1.165) is 6.26 Å². The maximum Gasteiger partial charge on any atom is 0.239 e. The van der Waals surface area contributed by atoms with Crippen molar-refractivity contribution >= 4 is 49.0 Å². The Hall–Kier alpha value is -0.660. The number of anilines is 1. The van der Waals surface area contributed by atoms with Crippen LogP contribution < -0.4 is 5.32 Å². The summed E-state index contributed by atoms with van der Waals surface area (Å²) in [4.78, 5) is 15.1. The van der Waals surface area contributed by atoms with Gasteiger partial charge in [-0.05, 0) is 22.0 Å². The van der Waals surface area contributed by atoms with Gasteiger partial charge in [-0.15, -0.1) is 0 Å². The molecule has 1 heterocycles. The van der Waals surface area contributed by atoms with Gasteiger partial charge in [0, 0.05) is 16.9 Å². The summed E-state index contributed by atoms with van der Waals surface area (Å²) >= 11 is 8.87. The Kier molecular flexibility index (Phi) is 4.28. The highest BCUT2D eigenvalue weighted by molar-refractivity contribution is 9.10. The molecule has 1 aromatic heterocycles. The van der Waals surface area contributed by atoms with Crippen LogP contribution >= 0.6 is 27.5 Å². The summed E-state index contributed by atoms with van der Waals surface area (Å²) in [6.45, 7) is 0. The molecule has 5 nitrogen and oxygen atoms in total. The van der Waals surface area contributed by atoms with Crippen LogP contribution in [0.3, 0.4) is 0 Å². The molecule has 0 bridgehead atoms. The predicted octanol–water partition coefficient (Wildman–Crippen LogP) is 1.48. The van der Waals surface area contributed by atoms with Crippen LogP contribution in [0.4, 0.5) is 5.69 Å². The minimum atomic E-state index is -3.35. The fourth-order valence-corrected chi connectivity index (χ4v) is 1.96. The molecule has 1 rings (SSSR count). The number of amides is 1. The number of hydrogen-bond donors (Lipinski definition) is 1. The largest absolute Gasteiger partial charge is 0.323 e. The standard InChI is InChI=1S/C8H8BrClN2O3S/c1-16(14,15)4-7(13)12-6-2-5(9)3-11-8(6)10/h2-3H,4H2,1H3,(H,12,13). The zero-order valence-corrected chi connectivity index (χ0v) is 11.4. The van der Waals surface area contributed by atoms with Gasteiger partial charge in [0.25, 0.3) is 0 Å². The number of carbonyl (C=O) groups is 1. The highest BCUT2D eigenvalue weighted by atomic mass is 79.9. The summed E-state index contributed by atoms with van der Waals surface area (Å²) in [5.41, 5.74) is 0.268. The Balaban J connectivity index is 2.81. The lowest BCUT2D eigenvalue weighted by Crippen LogP contribution is -2.22. The maximum atomic E-state index is 11.3. The SMILES string of the molecule is CS(=O)(=O)CC(=O)Nc1cc(Br)cnc1Cl. The number of nitrogens with one attached hydrogen (secondary N) is 1. The van der Waals surface area contributed by atoms with E-state index in [1.807, 2.05) is 0 Å². The second-order valence-electron chi connectivity index (χ2n) is 3.11. The van der Waals surface area contributed by atoms with E-state index in [4.69, 9.17) is 11.6 Å². The van der Waals surface area contributed by atoms with Gasteiger partial charge in [0.2, 0.25) is 5.91 Å². The molecule has 0 aliphatic heterocycles. The molecule has 0 aromatic carbocycles. The van der Waals surface area contributed by atoms with Crippen molar-refractivity contribution in [2.24, 2.45) is 0 Å². The summed E-state index contributed by atoms with van der Waals surface area (Å²) in [5, 5.41) is 2.47. The summed E-state index contributed by atoms with van der Waals surface area (Å²) in [6, 6.07) is 1.54. The minimum absolute atomic E-state index is 0.102. The van der Waals surface area contributed by atoms with Crippen molar-refractivity contribution in [3.05, 3.63) is 21.9 Å². The maximum absolute atomic E-state index is 11.3. The molecule has 0 saturated heterocycles. The van der Waals surface area contributed by atoms with Gasteiger partial charge in [-0.1, -0.05) is 11.6 Å². The number of nitrogens with zero attached hydrogens (tertiary/aromatic N) is 1. The topological polar surface area (TPSA) is 76.1 Å². The molecule has 0 radical (unpaired) electrons. The molecular formula is C8H8BrClN2O3S. The van der Waals surface area contributed by atoms with E-state index in [1.54, 1.807) is 0 Å². The number of sulfone groups is 1. The van der Waals surface area contributed by atoms with Crippen LogP contribution in [0.25, 0.3) is 0 Å². The number of halogens is 2. The van der Waals surface area contributed by atoms with Crippen molar-refractivity contribution < 1.29 is 13.2 Å². The third-order valence-electron chi connectivity index (χ3n) is 1.47. The minimum Gasteiger partial charge on any atom is -0.323 e. The van der Waals surface area contributed by atoms with E-state index in [9.17, 15) is 13.2 Å². The fraction of sp³-hybridized carbons (Fsp3) is 0.250. The Morgan fingerprint density at radius 2 is 2.25 bits per heavy atom. The molecular weight excluding hydrogens is 320 g/mol. The van der Waals surface area contributed by atoms with Crippen LogP contribution in [-0.4, -0.2) is 31.3 Å². The summed E-state index contributed by atoms with van der Waals surface area (Å²) in [7, 11) is -3.35. The van der Waals surface area contributed by atoms with E-state index in [1.165, 1.54) is 12.3 Å². The zero-order valence-electron chi connectivity index (χ0n) is 8.20. The van der Waals surface area contributed by atoms with E-state index >= 15 is 0 Å². The first kappa shape index (κ1) is 13.4. The van der Waals surface area contributed by atoms with Crippen molar-refractivity contribution in [1.29, 1.82) is 0 Å². The molecule has 0 spiro atoms. The number of hydrogen-bond acceptors (Lipinski definition) is 4. The van der Waals surface area contributed by atoms with E-state index in [-0.39, 0.29) is 10.8 Å². The van der Waals surface area contributed by atoms with Gasteiger partial charge in [0.1, 0.15) is 5.75 Å². The molecule has 0 atom stereocenters. The number of aromatic nitrogens is 1. The van der Waals surface area contributed by atoms with E-state index in [0.29, 0.717) is 4.47 Å². The average molecular weight is 328 g/mol. The summed E-state index contributed by atoms with van der Waals surface area (Å²) in [6.07, 6.45) is 2.45. The molecule has 1 N–H and O–H groups in total. The Morgan fingerprint density at radius 3 is 2.81 bits per heavy atom. The summed E-state index contributed by atoms with van der Waals surface area (Å²) in [5.74, 6) is -1.24. The lowest BCUT2D eigenvalue weighted by atomic mass is 10.4. The second-order valence-corrected chi connectivity index (χ2v) is 6.52. The first-order chi connectivity index (χ1) is 7.28. The van der Waals surface area contributed by atoms with Gasteiger partial charge in [-0.2, -0.15) is 0 Å². The Labute approximate surface area is 106 Å². The normalized spacial score (nSPS) is 11.2. The first-order valence-corrected chi connectivity index (χ1v) is 7.30. The Bertz CT molecular complexity index is 518. The number of carbonyl (C=O) groups excluding carboxylic acids is 1. The van der Waals surface area contributed by atoms with Crippen molar-refractivity contribution in [3.8, 4) is 0 Å². The van der Waals surface area contributed by atoms with Crippen LogP contribution in [0.15, 0.2) is 16.7 Å². The third-order valence-corrected chi connectivity index (χ3v) is 2.99. The van der Waals surface area contributed by atoms with Crippen LogP contribution in [0.5, 0.6) is 0 Å². The predicted molar refractivity (Wildman–Crippen MR) is 65.3 cm³/mol. The van der Waals surface area contributed by atoms with Gasteiger partial charge in [0.05, 0.1) is 5.69 Å². The Morgan fingerprint density at radius 1 is 1.62 bits per heavy atom. The quantitative estimate of drug-likeness (QED) is 0.853. The number of pyridine rings is 1. The molecule has 0 aliphatic carbocycles. The van der Waals surface area contributed by atoms with Crippen molar-refractivity contribution in [3.63, 3.8) is 0 Å². The smallest absolute Gasteiger partial charge is 0.239 e. The molecule has 0 aliphatic rings. The van der Waals surface area contributed by atoms with Crippen LogP contribution in [0.2, 0.25) is 5.15 Å². The average Bonchev–Trinajstić information content (AvgIpc) is 2.08. The molecule has 88 valence electrons. The van der Waals surface area contributed by atoms with Gasteiger partial charge < -0.3 is 5.32 Å². The molecule has 1 amide bonds. The van der Waals surface area contributed by atoms with Gasteiger partial charge in [-0.3, -0.25) is 4.79 Å². The summed E-state index contributed by atoms with van der Waals surface area (Å²) < 4.78 is 22.4. The van der Waals surface area contributed by atoms with Gasteiger partial charge in [0.15, 0.2) is 15.0 Å². The van der Waals surface area contributed by atoms with E-state index < -0.39 is 21.5 Å².